The van der Waals surface area contributed by atoms with Crippen LogP contribution in [-0.2, 0) is 9.53 Å². The van der Waals surface area contributed by atoms with Crippen molar-refractivity contribution < 1.29 is 14.3 Å². The first-order valence-electron chi connectivity index (χ1n) is 7.40. The van der Waals surface area contributed by atoms with Gasteiger partial charge in [0.05, 0.1) is 17.6 Å². The van der Waals surface area contributed by atoms with E-state index in [4.69, 9.17) is 4.74 Å². The Labute approximate surface area is 140 Å². The van der Waals surface area contributed by atoms with Gasteiger partial charge in [-0.3, -0.25) is 15.2 Å². The van der Waals surface area contributed by atoms with E-state index in [9.17, 15) is 9.59 Å². The Hall–Kier alpha value is -3.09. The number of amides is 2. The van der Waals surface area contributed by atoms with E-state index >= 15 is 0 Å². The molecule has 0 aliphatic heterocycles. The lowest BCUT2D eigenvalue weighted by Gasteiger charge is -2.20. The minimum Gasteiger partial charge on any atom is -0.444 e. The molecule has 0 fully saturated rings. The minimum atomic E-state index is -0.602. The van der Waals surface area contributed by atoms with Gasteiger partial charge in [-0.2, -0.15) is 5.10 Å². The van der Waals surface area contributed by atoms with Crippen molar-refractivity contribution in [3.63, 3.8) is 0 Å². The van der Waals surface area contributed by atoms with E-state index in [1.807, 2.05) is 0 Å². The van der Waals surface area contributed by atoms with E-state index < -0.39 is 11.7 Å². The second-order valence-corrected chi connectivity index (χ2v) is 6.03. The van der Waals surface area contributed by atoms with Crippen LogP contribution < -0.4 is 10.6 Å². The Bertz CT molecular complexity index is 731. The SMILES string of the molecule is CC(C)(C)OC(=O)Nc1ccccc1NC(=O)/C=C/c1cn[nH]c1. The number of para-hydroxylation sites is 2. The van der Waals surface area contributed by atoms with Crippen molar-refractivity contribution in [2.24, 2.45) is 0 Å². The third-order valence-electron chi connectivity index (χ3n) is 2.77. The lowest BCUT2D eigenvalue weighted by Crippen LogP contribution is -2.27. The standard InChI is InChI=1S/C17H20N4O3/c1-17(2,3)24-16(23)21-14-7-5-4-6-13(14)20-15(22)9-8-12-10-18-19-11-12/h4-11H,1-3H3,(H,18,19)(H,20,22)(H,21,23)/b9-8+. The van der Waals surface area contributed by atoms with E-state index in [2.05, 4.69) is 20.8 Å². The van der Waals surface area contributed by atoms with Gasteiger partial charge in [-0.1, -0.05) is 12.1 Å². The van der Waals surface area contributed by atoms with Crippen LogP contribution in [0.15, 0.2) is 42.7 Å². The largest absolute Gasteiger partial charge is 0.444 e. The van der Waals surface area contributed by atoms with Gasteiger partial charge in [0.2, 0.25) is 5.91 Å². The number of aromatic nitrogens is 2. The summed E-state index contributed by atoms with van der Waals surface area (Å²) in [5.74, 6) is -0.324. The normalized spacial score (nSPS) is 11.3. The molecule has 0 saturated carbocycles. The topological polar surface area (TPSA) is 96.1 Å². The van der Waals surface area contributed by atoms with Gasteiger partial charge in [-0.05, 0) is 39.0 Å². The summed E-state index contributed by atoms with van der Waals surface area (Å²) < 4.78 is 5.21. The molecule has 2 aromatic rings. The fourth-order valence-corrected chi connectivity index (χ4v) is 1.81. The first kappa shape index (κ1) is 17.3. The molecule has 1 heterocycles. The van der Waals surface area contributed by atoms with Crippen molar-refractivity contribution in [1.82, 2.24) is 10.2 Å². The molecule has 0 spiro atoms. The number of hydrogen-bond donors (Lipinski definition) is 3. The zero-order valence-corrected chi connectivity index (χ0v) is 13.8. The highest BCUT2D eigenvalue weighted by Gasteiger charge is 2.17. The number of carbonyl (C=O) groups excluding carboxylic acids is 2. The maximum Gasteiger partial charge on any atom is 0.412 e. The van der Waals surface area contributed by atoms with E-state index in [1.165, 1.54) is 6.08 Å². The summed E-state index contributed by atoms with van der Waals surface area (Å²) in [6.45, 7) is 5.34. The average Bonchev–Trinajstić information content (AvgIpc) is 2.98. The van der Waals surface area contributed by atoms with E-state index in [0.29, 0.717) is 11.4 Å². The van der Waals surface area contributed by atoms with Crippen molar-refractivity contribution in [1.29, 1.82) is 0 Å². The monoisotopic (exact) mass is 328 g/mol. The van der Waals surface area contributed by atoms with Gasteiger partial charge in [0.25, 0.3) is 0 Å². The molecule has 0 unspecified atom stereocenters. The minimum absolute atomic E-state index is 0.324. The quantitative estimate of drug-likeness (QED) is 0.749. The van der Waals surface area contributed by atoms with Crippen LogP contribution in [0.4, 0.5) is 16.2 Å². The number of nitrogens with one attached hydrogen (secondary N) is 3. The molecule has 3 N–H and O–H groups in total. The first-order chi connectivity index (χ1) is 11.3. The number of nitrogens with zero attached hydrogens (tertiary/aromatic N) is 1. The van der Waals surface area contributed by atoms with Crippen LogP contribution in [-0.4, -0.2) is 27.8 Å². The molecule has 0 saturated heterocycles. The van der Waals surface area contributed by atoms with Crippen LogP contribution in [0.25, 0.3) is 6.08 Å². The lowest BCUT2D eigenvalue weighted by atomic mass is 10.2. The smallest absolute Gasteiger partial charge is 0.412 e. The van der Waals surface area contributed by atoms with Gasteiger partial charge in [-0.15, -0.1) is 0 Å². The molecule has 0 aliphatic rings. The van der Waals surface area contributed by atoms with Gasteiger partial charge in [0.1, 0.15) is 5.60 Å². The van der Waals surface area contributed by atoms with Gasteiger partial charge in [0.15, 0.2) is 0 Å². The summed E-state index contributed by atoms with van der Waals surface area (Å²) in [4.78, 5) is 23.9. The van der Waals surface area contributed by atoms with E-state index in [-0.39, 0.29) is 5.91 Å². The van der Waals surface area contributed by atoms with Crippen molar-refractivity contribution in [2.45, 2.75) is 26.4 Å². The number of H-pyrrole nitrogens is 1. The molecule has 1 aromatic carbocycles. The molecule has 7 nitrogen and oxygen atoms in total. The van der Waals surface area contributed by atoms with Crippen molar-refractivity contribution >= 4 is 29.5 Å². The molecule has 126 valence electrons. The van der Waals surface area contributed by atoms with Crippen LogP contribution in [0.1, 0.15) is 26.3 Å². The molecule has 0 aliphatic carbocycles. The van der Waals surface area contributed by atoms with Gasteiger partial charge >= 0.3 is 6.09 Å². The predicted molar refractivity (Wildman–Crippen MR) is 92.6 cm³/mol. The Morgan fingerprint density at radius 3 is 2.42 bits per heavy atom. The van der Waals surface area contributed by atoms with Crippen LogP contribution in [0.5, 0.6) is 0 Å². The number of carbonyl (C=O) groups is 2. The average molecular weight is 328 g/mol. The summed E-state index contributed by atoms with van der Waals surface area (Å²) in [6, 6.07) is 6.88. The highest BCUT2D eigenvalue weighted by atomic mass is 16.6. The lowest BCUT2D eigenvalue weighted by molar-refractivity contribution is -0.111. The van der Waals surface area contributed by atoms with E-state index in [1.54, 1.807) is 63.5 Å². The number of benzene rings is 1. The Morgan fingerprint density at radius 1 is 1.17 bits per heavy atom. The third kappa shape index (κ3) is 5.60. The van der Waals surface area contributed by atoms with Crippen LogP contribution in [0.2, 0.25) is 0 Å². The van der Waals surface area contributed by atoms with Gasteiger partial charge < -0.3 is 10.1 Å². The maximum atomic E-state index is 12.0. The Morgan fingerprint density at radius 2 is 1.83 bits per heavy atom. The first-order valence-corrected chi connectivity index (χ1v) is 7.40. The Balaban J connectivity index is 2.03. The predicted octanol–water partition coefficient (Wildman–Crippen LogP) is 3.41. The molecule has 2 amide bonds. The fourth-order valence-electron chi connectivity index (χ4n) is 1.81. The summed E-state index contributed by atoms with van der Waals surface area (Å²) in [5, 5.41) is 11.8. The zero-order chi connectivity index (χ0) is 17.6. The molecule has 0 bridgehead atoms. The molecule has 2 rings (SSSR count). The number of rotatable bonds is 4. The molecular formula is C17H20N4O3. The number of aromatic amines is 1. The molecule has 1 aromatic heterocycles. The molecule has 0 atom stereocenters. The second kappa shape index (κ2) is 7.45. The van der Waals surface area contributed by atoms with Crippen LogP contribution >= 0.6 is 0 Å². The van der Waals surface area contributed by atoms with Crippen molar-refractivity contribution in [3.8, 4) is 0 Å². The summed E-state index contributed by atoms with van der Waals surface area (Å²) >= 11 is 0. The third-order valence-corrected chi connectivity index (χ3v) is 2.77. The zero-order valence-electron chi connectivity index (χ0n) is 13.8. The van der Waals surface area contributed by atoms with Gasteiger partial charge in [0, 0.05) is 17.8 Å². The summed E-state index contributed by atoms with van der Waals surface area (Å²) in [6.07, 6.45) is 5.69. The number of hydrogen-bond acceptors (Lipinski definition) is 4. The number of anilines is 2. The molecule has 7 heteroatoms. The van der Waals surface area contributed by atoms with Gasteiger partial charge in [-0.25, -0.2) is 4.79 Å². The fraction of sp³-hybridized carbons (Fsp3) is 0.235. The number of ether oxygens (including phenoxy) is 1. The maximum absolute atomic E-state index is 12.0. The van der Waals surface area contributed by atoms with E-state index in [0.717, 1.165) is 5.56 Å². The summed E-state index contributed by atoms with van der Waals surface area (Å²) in [7, 11) is 0. The highest BCUT2D eigenvalue weighted by Crippen LogP contribution is 2.22. The second-order valence-electron chi connectivity index (χ2n) is 6.03. The highest BCUT2D eigenvalue weighted by molar-refractivity contribution is 6.04. The Kier molecular flexibility index (Phi) is 5.36. The molecule has 24 heavy (non-hydrogen) atoms. The van der Waals surface area contributed by atoms with Crippen LogP contribution in [0.3, 0.4) is 0 Å². The summed E-state index contributed by atoms with van der Waals surface area (Å²) in [5.41, 5.74) is 1.11. The van der Waals surface area contributed by atoms with Crippen LogP contribution in [0, 0.1) is 0 Å². The molecule has 0 radical (unpaired) electrons. The molecular weight excluding hydrogens is 308 g/mol. The van der Waals surface area contributed by atoms with Crippen molar-refractivity contribution in [2.75, 3.05) is 10.6 Å². The van der Waals surface area contributed by atoms with Crippen molar-refractivity contribution in [3.05, 3.63) is 48.3 Å².